The lowest BCUT2D eigenvalue weighted by atomic mass is 9.47. The smallest absolute Gasteiger partial charge is 0.307 e. The van der Waals surface area contributed by atoms with E-state index in [1.54, 1.807) is 5.57 Å². The third-order valence-electron chi connectivity index (χ3n) is 11.2. The van der Waals surface area contributed by atoms with Gasteiger partial charge in [0, 0.05) is 25.7 Å². The molecule has 0 aromatic carbocycles. The minimum Gasteiger partial charge on any atom is -0.431 e. The Balaban J connectivity index is 1.44. The van der Waals surface area contributed by atoms with E-state index in [4.69, 9.17) is 19.7 Å². The van der Waals surface area contributed by atoms with Crippen molar-refractivity contribution < 1.29 is 23.2 Å². The summed E-state index contributed by atoms with van der Waals surface area (Å²) in [7, 11) is 1.28. The zero-order valence-corrected chi connectivity index (χ0v) is 25.2. The maximum absolute atomic E-state index is 12.4. The molecule has 211 valence electrons. The van der Waals surface area contributed by atoms with E-state index in [-0.39, 0.29) is 28.8 Å². The molecule has 38 heavy (non-hydrogen) atoms. The number of esters is 1. The molecule has 5 nitrogen and oxygen atoms in total. The Bertz CT molecular complexity index is 993. The Morgan fingerprint density at radius 2 is 1.89 bits per heavy atom. The van der Waals surface area contributed by atoms with Crippen LogP contribution in [0.15, 0.2) is 23.0 Å². The zero-order valence-electron chi connectivity index (χ0n) is 25.3. The first-order valence-corrected chi connectivity index (χ1v) is 15.8. The lowest BCUT2D eigenvalue weighted by Gasteiger charge is -2.58. The molecule has 0 spiro atoms. The van der Waals surface area contributed by atoms with E-state index in [1.165, 1.54) is 26.0 Å². The van der Waals surface area contributed by atoms with E-state index < -0.39 is 5.79 Å². The van der Waals surface area contributed by atoms with Crippen LogP contribution in [-0.4, -0.2) is 39.5 Å². The molecule has 5 aliphatic rings. The first-order valence-electron chi connectivity index (χ1n) is 15.5. The summed E-state index contributed by atoms with van der Waals surface area (Å²) >= 11 is 1.16. The molecule has 3 fully saturated rings. The molecule has 1 aliphatic heterocycles. The highest BCUT2D eigenvalue weighted by atomic mass is 32.2. The van der Waals surface area contributed by atoms with Crippen LogP contribution in [0.3, 0.4) is 0 Å². The van der Waals surface area contributed by atoms with Crippen LogP contribution in [0.5, 0.6) is 0 Å². The molecule has 0 N–H and O–H groups in total. The number of fused-ring (bicyclic) bond motifs is 5. The Hall–Kier alpha value is -0.755. The fourth-order valence-corrected chi connectivity index (χ4v) is 9.57. The van der Waals surface area contributed by atoms with Crippen molar-refractivity contribution in [3.63, 3.8) is 0 Å². The van der Waals surface area contributed by atoms with Gasteiger partial charge in [0.1, 0.15) is 5.76 Å². The molecule has 5 rings (SSSR count). The Morgan fingerprint density at radius 1 is 1.16 bits per heavy atom. The van der Waals surface area contributed by atoms with Crippen LogP contribution >= 0.6 is 11.9 Å². The molecular weight excluding hydrogens is 495 g/mol. The van der Waals surface area contributed by atoms with Crippen molar-refractivity contribution in [3.8, 4) is 0 Å². The minimum atomic E-state index is -0.641. The number of ether oxygens (including phenoxy) is 3. The number of carbonyl (C=O) groups excluding carboxylic acids is 1. The highest BCUT2D eigenvalue weighted by Gasteiger charge is 2.61. The zero-order chi connectivity index (χ0) is 28.0. The predicted molar refractivity (Wildman–Crippen MR) is 153 cm³/mol. The number of carbonyl (C=O) groups is 1. The highest BCUT2D eigenvalue weighted by molar-refractivity contribution is 8.15. The van der Waals surface area contributed by atoms with E-state index in [9.17, 15) is 4.79 Å². The Kier molecular flexibility index (Phi) is 7.87. The molecule has 4 aliphatic carbocycles. The van der Waals surface area contributed by atoms with Crippen LogP contribution in [0.25, 0.3) is 0 Å². The largest absolute Gasteiger partial charge is 0.431 e. The van der Waals surface area contributed by atoms with Crippen molar-refractivity contribution in [3.05, 3.63) is 23.0 Å². The lowest BCUT2D eigenvalue weighted by Crippen LogP contribution is -2.51. The molecule has 0 bridgehead atoms. The number of hydrogen-bond donors (Lipinski definition) is 0. The van der Waals surface area contributed by atoms with Gasteiger partial charge in [0.15, 0.2) is 5.79 Å². The van der Waals surface area contributed by atoms with E-state index in [0.29, 0.717) is 36.9 Å². The van der Waals surface area contributed by atoms with Crippen LogP contribution in [0.2, 0.25) is 0 Å². The normalized spacial score (nSPS) is 39.1. The van der Waals surface area contributed by atoms with Gasteiger partial charge in [0.2, 0.25) is 7.09 Å². The molecule has 7 heteroatoms. The molecule has 2 saturated carbocycles. The molecule has 7 atom stereocenters. The van der Waals surface area contributed by atoms with Crippen LogP contribution < -0.4 is 0 Å². The van der Waals surface area contributed by atoms with Crippen LogP contribution in [0.4, 0.5) is 0 Å². The summed E-state index contributed by atoms with van der Waals surface area (Å²) in [6, 6.07) is 0. The quantitative estimate of drug-likeness (QED) is 0.134. The molecule has 0 aromatic heterocycles. The van der Waals surface area contributed by atoms with Gasteiger partial charge in [-0.1, -0.05) is 58.2 Å². The highest BCUT2D eigenvalue weighted by Crippen LogP contribution is 2.68. The average molecular weight is 546 g/mol. The standard InChI is InChI=1S/C31H48BO5S/c1-19(2)9-14-31(34-15-16-35-31)20(3)28-27(36-21(4)33)18-26-24-8-7-22-17-23(37-38-32)10-12-29(22,5)25(24)11-13-30(26,28)6/h7,19-20,23-26,32H,8-18H2,1-6H3/t20-,23-,24+,25-,26-,29-,30-/m0/s1/i32T. The van der Waals surface area contributed by atoms with Gasteiger partial charge in [-0.15, -0.1) is 0 Å². The SMILES string of the molecule is [3H][B]SO[C@H]1CC[C@@]2(C)C(=CC[C@@H]3[C@@H]2CC[C@]2(C)C([C@H](C)C4(CCC(C)C)OCCO4)=C(OC(C)=O)C[C@@H]32)C1. The summed E-state index contributed by atoms with van der Waals surface area (Å²) in [4.78, 5) is 12.4. The summed E-state index contributed by atoms with van der Waals surface area (Å²) in [6.07, 6.45) is 12.0. The topological polar surface area (TPSA) is 54.0 Å². The first kappa shape index (κ1) is 27.4. The molecule has 1 radical (unpaired) electrons. The molecule has 1 heterocycles. The molecule has 0 amide bonds. The average Bonchev–Trinajstić information content (AvgIpc) is 3.48. The second-order valence-corrected chi connectivity index (χ2v) is 14.0. The van der Waals surface area contributed by atoms with Crippen molar-refractivity contribution in [2.24, 2.45) is 40.4 Å². The van der Waals surface area contributed by atoms with Crippen LogP contribution in [0, 0.1) is 40.4 Å². The van der Waals surface area contributed by atoms with Gasteiger partial charge >= 0.3 is 5.97 Å². The summed E-state index contributed by atoms with van der Waals surface area (Å²) in [5, 5.41) is 0. The minimum absolute atomic E-state index is 0.0313. The van der Waals surface area contributed by atoms with Crippen molar-refractivity contribution in [2.45, 2.75) is 111 Å². The maximum atomic E-state index is 12.4. The molecule has 0 aromatic rings. The third kappa shape index (κ3) is 4.86. The van der Waals surface area contributed by atoms with Gasteiger partial charge in [0.25, 0.3) is 0 Å². The van der Waals surface area contributed by atoms with Crippen molar-refractivity contribution in [2.75, 3.05) is 13.2 Å². The van der Waals surface area contributed by atoms with Gasteiger partial charge in [-0.3, -0.25) is 4.79 Å². The second kappa shape index (κ2) is 10.9. The fourth-order valence-electron chi connectivity index (χ4n) is 9.24. The summed E-state index contributed by atoms with van der Waals surface area (Å²) in [5.41, 5.74) is 3.02. The third-order valence-corrected chi connectivity index (χ3v) is 11.6. The number of hydrogen-bond acceptors (Lipinski definition) is 6. The van der Waals surface area contributed by atoms with Gasteiger partial charge in [-0.05, 0) is 86.4 Å². The molecule has 0 unspecified atom stereocenters. The predicted octanol–water partition coefficient (Wildman–Crippen LogP) is 7.04. The van der Waals surface area contributed by atoms with Crippen molar-refractivity contribution >= 4 is 25.0 Å². The Morgan fingerprint density at radius 3 is 2.58 bits per heavy atom. The van der Waals surface area contributed by atoms with E-state index >= 15 is 0 Å². The van der Waals surface area contributed by atoms with Gasteiger partial charge < -0.3 is 18.4 Å². The molecule has 1 saturated heterocycles. The Labute approximate surface area is 237 Å². The number of allylic oxidation sites excluding steroid dienone is 2. The van der Waals surface area contributed by atoms with E-state index in [2.05, 4.69) is 40.7 Å². The second-order valence-electron chi connectivity index (χ2n) is 13.6. The van der Waals surface area contributed by atoms with E-state index in [1.807, 2.05) is 0 Å². The van der Waals surface area contributed by atoms with Gasteiger partial charge in [0.05, 0.1) is 19.3 Å². The lowest BCUT2D eigenvalue weighted by molar-refractivity contribution is -0.194. The molecular formula is C31H48BO5S. The monoisotopic (exact) mass is 545 g/mol. The van der Waals surface area contributed by atoms with Crippen LogP contribution in [0.1, 0.15) is 99.3 Å². The fraction of sp³-hybridized carbons (Fsp3) is 0.839. The van der Waals surface area contributed by atoms with Crippen molar-refractivity contribution in [1.29, 1.82) is 1.34 Å². The number of rotatable bonds is 9. The van der Waals surface area contributed by atoms with Crippen LogP contribution in [-0.2, 0) is 23.2 Å². The summed E-state index contributed by atoms with van der Waals surface area (Å²) in [6.45, 7) is 14.5. The van der Waals surface area contributed by atoms with Crippen molar-refractivity contribution in [1.82, 2.24) is 0 Å². The first-order chi connectivity index (χ1) is 18.5. The summed E-state index contributed by atoms with van der Waals surface area (Å²) < 4.78 is 32.1. The van der Waals surface area contributed by atoms with Gasteiger partial charge in [-0.2, -0.15) is 0 Å². The maximum Gasteiger partial charge on any atom is 0.307 e. The van der Waals surface area contributed by atoms with Gasteiger partial charge in [-0.25, -0.2) is 0 Å². The summed E-state index contributed by atoms with van der Waals surface area (Å²) in [5.74, 6) is 2.28. The van der Waals surface area contributed by atoms with E-state index in [0.717, 1.165) is 69.0 Å².